The second-order valence-corrected chi connectivity index (χ2v) is 2.12. The van der Waals surface area contributed by atoms with Gasteiger partial charge in [-0.3, -0.25) is 0 Å². The summed E-state index contributed by atoms with van der Waals surface area (Å²) in [5, 5.41) is 0. The Bertz CT molecular complexity index is 114. The summed E-state index contributed by atoms with van der Waals surface area (Å²) >= 11 is 0. The molecule has 53 valence electrons. The molecule has 0 aromatic heterocycles. The van der Waals surface area contributed by atoms with Gasteiger partial charge in [-0.2, -0.15) is 0 Å². The minimum Gasteiger partial charge on any atom is -0.322 e. The van der Waals surface area contributed by atoms with E-state index < -0.39 is 14.7 Å². The van der Waals surface area contributed by atoms with Gasteiger partial charge in [0.25, 0.3) is 0 Å². The Labute approximate surface area is 82.8 Å². The van der Waals surface area contributed by atoms with Crippen LogP contribution in [0.3, 0.4) is 0 Å². The van der Waals surface area contributed by atoms with E-state index in [0.717, 1.165) is 0 Å². The average molecular weight is 174 g/mol. The standard InChI is InChI=1S/C4H8O4P.Na/c1-4(8-9-5)6-2-3-7-4;/h9H,2-3H2,1H3;/q+1;. The number of ether oxygens (including phenoxy) is 2. The molecule has 1 rings (SSSR count). The molecule has 0 aromatic carbocycles. The maximum absolute atomic E-state index is 9.94. The van der Waals surface area contributed by atoms with Crippen LogP contribution < -0.4 is 0 Å². The van der Waals surface area contributed by atoms with Gasteiger partial charge in [0.2, 0.25) is 0 Å². The van der Waals surface area contributed by atoms with Crippen LogP contribution in [-0.4, -0.2) is 48.7 Å². The van der Waals surface area contributed by atoms with Crippen LogP contribution in [0.5, 0.6) is 0 Å². The maximum Gasteiger partial charge on any atom is 0.499 e. The maximum atomic E-state index is 9.94. The molecule has 10 heavy (non-hydrogen) atoms. The average Bonchev–Trinajstić information content (AvgIpc) is 2.16. The first kappa shape index (κ1) is 11.0. The predicted molar refractivity (Wildman–Crippen MR) is 36.1 cm³/mol. The monoisotopic (exact) mass is 174 g/mol. The fourth-order valence-electron chi connectivity index (χ4n) is 0.630. The van der Waals surface area contributed by atoms with Crippen LogP contribution in [-0.2, 0) is 18.6 Å². The van der Waals surface area contributed by atoms with E-state index in [1.807, 2.05) is 0 Å². The molecule has 0 N–H and O–H groups in total. The van der Waals surface area contributed by atoms with E-state index in [4.69, 9.17) is 9.47 Å². The van der Waals surface area contributed by atoms with E-state index in [0.29, 0.717) is 13.2 Å². The SMILES string of the molecule is CC1(O[PH+]=O)OCCO1.[Na]. The molecular formula is C4H8NaO4P+. The molecule has 0 aliphatic carbocycles. The molecule has 0 amide bonds. The Kier molecular flexibility index (Phi) is 5.24. The van der Waals surface area contributed by atoms with Gasteiger partial charge in [-0.05, 0) is 4.57 Å². The minimum absolute atomic E-state index is 0. The van der Waals surface area contributed by atoms with Crippen molar-refractivity contribution in [1.82, 2.24) is 0 Å². The van der Waals surface area contributed by atoms with E-state index in [9.17, 15) is 4.57 Å². The predicted octanol–water partition coefficient (Wildman–Crippen LogP) is 0.282. The second kappa shape index (κ2) is 4.78. The molecule has 1 saturated heterocycles. The van der Waals surface area contributed by atoms with Crippen LogP contribution in [0, 0.1) is 0 Å². The Morgan fingerprint density at radius 2 is 2.00 bits per heavy atom. The second-order valence-electron chi connectivity index (χ2n) is 1.74. The molecule has 1 fully saturated rings. The van der Waals surface area contributed by atoms with Gasteiger partial charge in [-0.15, -0.1) is 0 Å². The molecular weight excluding hydrogens is 166 g/mol. The van der Waals surface area contributed by atoms with Gasteiger partial charge in [-0.25, -0.2) is 0 Å². The first-order chi connectivity index (χ1) is 4.27. The molecule has 1 radical (unpaired) electrons. The molecule has 1 aliphatic heterocycles. The van der Waals surface area contributed by atoms with Crippen LogP contribution in [0.25, 0.3) is 0 Å². The quantitative estimate of drug-likeness (QED) is 0.445. The smallest absolute Gasteiger partial charge is 0.322 e. The van der Waals surface area contributed by atoms with Crippen LogP contribution >= 0.6 is 8.69 Å². The summed E-state index contributed by atoms with van der Waals surface area (Å²) in [6.07, 6.45) is 0. The third kappa shape index (κ3) is 2.93. The Morgan fingerprint density at radius 1 is 1.50 bits per heavy atom. The first-order valence-corrected chi connectivity index (χ1v) is 3.41. The van der Waals surface area contributed by atoms with Gasteiger partial charge >= 0.3 is 14.7 Å². The zero-order chi connectivity index (χ0) is 6.74. The van der Waals surface area contributed by atoms with Crippen LogP contribution in [0.1, 0.15) is 6.92 Å². The van der Waals surface area contributed by atoms with Crippen molar-refractivity contribution in [2.24, 2.45) is 0 Å². The molecule has 6 heteroatoms. The summed E-state index contributed by atoms with van der Waals surface area (Å²) in [5.41, 5.74) is 0. The largest absolute Gasteiger partial charge is 0.499 e. The third-order valence-corrected chi connectivity index (χ3v) is 1.49. The third-order valence-electron chi connectivity index (χ3n) is 1.04. The zero-order valence-corrected chi connectivity index (χ0v) is 9.05. The van der Waals surface area contributed by atoms with Gasteiger partial charge in [0.15, 0.2) is 0 Å². The van der Waals surface area contributed by atoms with Crippen molar-refractivity contribution >= 4 is 38.2 Å². The van der Waals surface area contributed by atoms with E-state index >= 15 is 0 Å². The van der Waals surface area contributed by atoms with Crippen molar-refractivity contribution in [3.8, 4) is 0 Å². The number of rotatable bonds is 2. The molecule has 4 nitrogen and oxygen atoms in total. The van der Waals surface area contributed by atoms with Crippen molar-refractivity contribution in [1.29, 1.82) is 0 Å². The summed E-state index contributed by atoms with van der Waals surface area (Å²) in [5.74, 6) is -1.06. The minimum atomic E-state index is -1.06. The normalized spacial score (nSPS) is 22.5. The van der Waals surface area contributed by atoms with Gasteiger partial charge < -0.3 is 9.47 Å². The summed E-state index contributed by atoms with van der Waals surface area (Å²) in [6.45, 7) is 2.59. The first-order valence-electron chi connectivity index (χ1n) is 2.60. The Balaban J connectivity index is 0.000000810. The molecule has 0 spiro atoms. The van der Waals surface area contributed by atoms with Gasteiger partial charge in [0, 0.05) is 36.5 Å². The van der Waals surface area contributed by atoms with Crippen molar-refractivity contribution in [3.63, 3.8) is 0 Å². The summed E-state index contributed by atoms with van der Waals surface area (Å²) in [4.78, 5) is 0. The molecule has 1 unspecified atom stereocenters. The van der Waals surface area contributed by atoms with Crippen molar-refractivity contribution in [2.75, 3.05) is 13.2 Å². The van der Waals surface area contributed by atoms with Crippen molar-refractivity contribution in [3.05, 3.63) is 0 Å². The van der Waals surface area contributed by atoms with E-state index in [-0.39, 0.29) is 29.6 Å². The number of hydrogen-bond acceptors (Lipinski definition) is 4. The van der Waals surface area contributed by atoms with E-state index in [2.05, 4.69) is 4.52 Å². The van der Waals surface area contributed by atoms with Crippen molar-refractivity contribution in [2.45, 2.75) is 12.9 Å². The van der Waals surface area contributed by atoms with Crippen LogP contribution in [0.4, 0.5) is 0 Å². The molecule has 1 aliphatic rings. The molecule has 1 atom stereocenters. The summed E-state index contributed by atoms with van der Waals surface area (Å²) < 4.78 is 24.4. The summed E-state index contributed by atoms with van der Waals surface area (Å²) in [6, 6.07) is 0. The molecule has 1 heterocycles. The van der Waals surface area contributed by atoms with Crippen LogP contribution in [0.2, 0.25) is 0 Å². The molecule has 0 aromatic rings. The Morgan fingerprint density at radius 3 is 2.40 bits per heavy atom. The van der Waals surface area contributed by atoms with Gasteiger partial charge in [0.05, 0.1) is 13.2 Å². The van der Waals surface area contributed by atoms with Crippen molar-refractivity contribution < 1.29 is 18.6 Å². The number of hydrogen-bond donors (Lipinski definition) is 0. The molecule has 0 bridgehead atoms. The topological polar surface area (TPSA) is 44.8 Å². The fraction of sp³-hybridized carbons (Fsp3) is 1.00. The zero-order valence-electron chi connectivity index (χ0n) is 6.05. The Hall–Kier alpha value is 0.980. The fourth-order valence-corrected chi connectivity index (χ4v) is 0.900. The van der Waals surface area contributed by atoms with Gasteiger partial charge in [0.1, 0.15) is 0 Å². The van der Waals surface area contributed by atoms with E-state index in [1.165, 1.54) is 0 Å². The molecule has 0 saturated carbocycles. The summed E-state index contributed by atoms with van der Waals surface area (Å²) in [7, 11) is -0.837. The van der Waals surface area contributed by atoms with E-state index in [1.54, 1.807) is 6.92 Å². The van der Waals surface area contributed by atoms with Gasteiger partial charge in [-0.1, -0.05) is 4.52 Å². The van der Waals surface area contributed by atoms with Crippen LogP contribution in [0.15, 0.2) is 0 Å².